The van der Waals surface area contributed by atoms with E-state index >= 15 is 0 Å². The van der Waals surface area contributed by atoms with Gasteiger partial charge in [0, 0.05) is 18.5 Å². The summed E-state index contributed by atoms with van der Waals surface area (Å²) in [6.45, 7) is 0. The lowest BCUT2D eigenvalue weighted by atomic mass is 9.82. The Bertz CT molecular complexity index is 487. The van der Waals surface area contributed by atoms with Gasteiger partial charge in [-0.1, -0.05) is 12.5 Å². The molecule has 2 rings (SSSR count). The highest BCUT2D eigenvalue weighted by molar-refractivity contribution is 7.91. The van der Waals surface area contributed by atoms with Crippen LogP contribution in [0, 0.1) is 5.92 Å². The van der Waals surface area contributed by atoms with Crippen LogP contribution in [0.25, 0.3) is 0 Å². The molecular weight excluding hydrogens is 248 g/mol. The van der Waals surface area contributed by atoms with E-state index in [-0.39, 0.29) is 17.2 Å². The van der Waals surface area contributed by atoms with E-state index in [1.165, 1.54) is 6.26 Å². The second-order valence-electron chi connectivity index (χ2n) is 5.16. The van der Waals surface area contributed by atoms with Crippen molar-refractivity contribution in [2.45, 2.75) is 37.0 Å². The third kappa shape index (κ3) is 3.09. The van der Waals surface area contributed by atoms with Crippen LogP contribution in [-0.4, -0.2) is 24.9 Å². The van der Waals surface area contributed by atoms with Crippen molar-refractivity contribution in [3.63, 3.8) is 0 Å². The minimum atomic E-state index is -2.95. The minimum Gasteiger partial charge on any atom is -0.322 e. The van der Waals surface area contributed by atoms with Gasteiger partial charge in [-0.15, -0.1) is 0 Å². The predicted molar refractivity (Wildman–Crippen MR) is 71.8 cm³/mol. The Kier molecular flexibility index (Phi) is 4.02. The molecule has 3 atom stereocenters. The van der Waals surface area contributed by atoms with Crippen molar-refractivity contribution < 1.29 is 8.42 Å². The number of rotatable bonds is 3. The SMILES string of the molecule is CS(=O)(=O)C1CCCC(C(N)c2ccccn2)C1. The molecule has 3 unspecified atom stereocenters. The fourth-order valence-electron chi connectivity index (χ4n) is 2.71. The zero-order valence-corrected chi connectivity index (χ0v) is 11.4. The van der Waals surface area contributed by atoms with Crippen molar-refractivity contribution >= 4 is 9.84 Å². The Morgan fingerprint density at radius 2 is 2.17 bits per heavy atom. The summed E-state index contributed by atoms with van der Waals surface area (Å²) in [7, 11) is -2.95. The number of hydrogen-bond acceptors (Lipinski definition) is 4. The van der Waals surface area contributed by atoms with Crippen LogP contribution in [0.2, 0.25) is 0 Å². The van der Waals surface area contributed by atoms with Crippen LogP contribution < -0.4 is 5.73 Å². The summed E-state index contributed by atoms with van der Waals surface area (Å²) in [5.41, 5.74) is 7.08. The molecule has 1 aromatic rings. The molecule has 0 aliphatic heterocycles. The van der Waals surface area contributed by atoms with Gasteiger partial charge in [-0.3, -0.25) is 4.98 Å². The van der Waals surface area contributed by atoms with Gasteiger partial charge in [0.15, 0.2) is 0 Å². The molecule has 0 spiro atoms. The molecule has 18 heavy (non-hydrogen) atoms. The fraction of sp³-hybridized carbons (Fsp3) is 0.615. The Morgan fingerprint density at radius 1 is 1.39 bits per heavy atom. The third-order valence-corrected chi connectivity index (χ3v) is 5.45. The van der Waals surface area contributed by atoms with E-state index in [4.69, 9.17) is 5.73 Å². The number of nitrogens with zero attached hydrogens (tertiary/aromatic N) is 1. The third-order valence-electron chi connectivity index (χ3n) is 3.81. The maximum Gasteiger partial charge on any atom is 0.150 e. The van der Waals surface area contributed by atoms with Crippen molar-refractivity contribution in [3.05, 3.63) is 30.1 Å². The van der Waals surface area contributed by atoms with Crippen molar-refractivity contribution in [2.75, 3.05) is 6.26 Å². The topological polar surface area (TPSA) is 73.0 Å². The van der Waals surface area contributed by atoms with E-state index in [0.717, 1.165) is 25.0 Å². The van der Waals surface area contributed by atoms with Crippen LogP contribution in [-0.2, 0) is 9.84 Å². The van der Waals surface area contributed by atoms with E-state index in [1.807, 2.05) is 18.2 Å². The highest BCUT2D eigenvalue weighted by Crippen LogP contribution is 2.34. The lowest BCUT2D eigenvalue weighted by Gasteiger charge is -2.31. The fourth-order valence-corrected chi connectivity index (χ4v) is 3.90. The summed E-state index contributed by atoms with van der Waals surface area (Å²) < 4.78 is 23.3. The van der Waals surface area contributed by atoms with Crippen molar-refractivity contribution in [2.24, 2.45) is 11.7 Å². The number of pyridine rings is 1. The average Bonchev–Trinajstić information content (AvgIpc) is 2.38. The monoisotopic (exact) mass is 268 g/mol. The molecule has 1 aliphatic rings. The van der Waals surface area contributed by atoms with Gasteiger partial charge in [-0.25, -0.2) is 8.42 Å². The molecule has 1 aliphatic carbocycles. The van der Waals surface area contributed by atoms with Gasteiger partial charge in [0.05, 0.1) is 10.9 Å². The normalized spacial score (nSPS) is 26.8. The number of aromatic nitrogens is 1. The molecule has 1 saturated carbocycles. The molecule has 1 fully saturated rings. The first-order valence-corrected chi connectivity index (χ1v) is 8.29. The second kappa shape index (κ2) is 5.36. The van der Waals surface area contributed by atoms with Crippen LogP contribution in [0.15, 0.2) is 24.4 Å². The summed E-state index contributed by atoms with van der Waals surface area (Å²) in [6, 6.07) is 5.53. The number of sulfone groups is 1. The van der Waals surface area contributed by atoms with Crippen molar-refractivity contribution in [1.82, 2.24) is 4.98 Å². The quantitative estimate of drug-likeness (QED) is 0.905. The van der Waals surface area contributed by atoms with Gasteiger partial charge in [-0.05, 0) is 37.3 Å². The molecular formula is C13H20N2O2S. The largest absolute Gasteiger partial charge is 0.322 e. The zero-order chi connectivity index (χ0) is 13.2. The zero-order valence-electron chi connectivity index (χ0n) is 10.6. The molecule has 4 nitrogen and oxygen atoms in total. The summed E-state index contributed by atoms with van der Waals surface area (Å²) in [4.78, 5) is 4.27. The standard InChI is InChI=1S/C13H20N2O2S/c1-18(16,17)11-6-4-5-10(9-11)13(14)12-7-2-3-8-15-12/h2-3,7-8,10-11,13H,4-6,9,14H2,1H3. The van der Waals surface area contributed by atoms with E-state index in [9.17, 15) is 8.42 Å². The van der Waals surface area contributed by atoms with Crippen molar-refractivity contribution in [3.8, 4) is 0 Å². The first-order chi connectivity index (χ1) is 8.48. The Morgan fingerprint density at radius 3 is 2.78 bits per heavy atom. The van der Waals surface area contributed by atoms with Crippen LogP contribution in [0.4, 0.5) is 0 Å². The number of nitrogens with two attached hydrogens (primary N) is 1. The maximum atomic E-state index is 11.6. The highest BCUT2D eigenvalue weighted by Gasteiger charge is 2.32. The van der Waals surface area contributed by atoms with E-state index in [2.05, 4.69) is 4.98 Å². The number of hydrogen-bond donors (Lipinski definition) is 1. The predicted octanol–water partition coefficient (Wildman–Crippen LogP) is 1.68. The van der Waals surface area contributed by atoms with Gasteiger partial charge in [0.2, 0.25) is 0 Å². The van der Waals surface area contributed by atoms with Crippen LogP contribution >= 0.6 is 0 Å². The molecule has 0 aromatic carbocycles. The average molecular weight is 268 g/mol. The molecule has 0 saturated heterocycles. The molecule has 100 valence electrons. The highest BCUT2D eigenvalue weighted by atomic mass is 32.2. The lowest BCUT2D eigenvalue weighted by molar-refractivity contribution is 0.305. The molecule has 0 bridgehead atoms. The smallest absolute Gasteiger partial charge is 0.150 e. The summed E-state index contributed by atoms with van der Waals surface area (Å²) in [5, 5.41) is -0.231. The van der Waals surface area contributed by atoms with E-state index < -0.39 is 9.84 Å². The van der Waals surface area contributed by atoms with Gasteiger partial charge in [0.25, 0.3) is 0 Å². The Hall–Kier alpha value is -0.940. The minimum absolute atomic E-state index is 0.157. The van der Waals surface area contributed by atoms with Crippen LogP contribution in [0.5, 0.6) is 0 Å². The van der Waals surface area contributed by atoms with Gasteiger partial charge < -0.3 is 5.73 Å². The maximum absolute atomic E-state index is 11.6. The molecule has 0 amide bonds. The van der Waals surface area contributed by atoms with Gasteiger partial charge >= 0.3 is 0 Å². The molecule has 1 heterocycles. The van der Waals surface area contributed by atoms with E-state index in [0.29, 0.717) is 6.42 Å². The van der Waals surface area contributed by atoms with Crippen molar-refractivity contribution in [1.29, 1.82) is 0 Å². The Labute approximate surface area is 109 Å². The second-order valence-corrected chi connectivity index (χ2v) is 7.48. The molecule has 2 N–H and O–H groups in total. The van der Waals surface area contributed by atoms with Gasteiger partial charge in [-0.2, -0.15) is 0 Å². The van der Waals surface area contributed by atoms with Gasteiger partial charge in [0.1, 0.15) is 9.84 Å². The summed E-state index contributed by atoms with van der Waals surface area (Å²) in [5.74, 6) is 0.216. The molecule has 1 aromatic heterocycles. The first kappa shape index (κ1) is 13.5. The Balaban J connectivity index is 2.10. The van der Waals surface area contributed by atoms with Crippen LogP contribution in [0.3, 0.4) is 0 Å². The molecule has 5 heteroatoms. The first-order valence-electron chi connectivity index (χ1n) is 6.34. The summed E-state index contributed by atoms with van der Waals surface area (Å²) >= 11 is 0. The van der Waals surface area contributed by atoms with Crippen LogP contribution in [0.1, 0.15) is 37.4 Å². The summed E-state index contributed by atoms with van der Waals surface area (Å²) in [6.07, 6.45) is 6.41. The van der Waals surface area contributed by atoms with E-state index in [1.54, 1.807) is 6.20 Å². The lowest BCUT2D eigenvalue weighted by Crippen LogP contribution is -2.33. The molecule has 0 radical (unpaired) electrons.